The number of aromatic nitrogens is 4. The number of carbonyl (C=O) groups is 1. The minimum atomic E-state index is -0.236. The van der Waals surface area contributed by atoms with Gasteiger partial charge in [-0.1, -0.05) is 26.8 Å². The molecule has 0 radical (unpaired) electrons. The summed E-state index contributed by atoms with van der Waals surface area (Å²) < 4.78 is 14.7. The third-order valence-corrected chi connectivity index (χ3v) is 7.13. The van der Waals surface area contributed by atoms with Crippen molar-refractivity contribution in [2.75, 3.05) is 41.7 Å². The molecule has 11 nitrogen and oxygen atoms in total. The Bertz CT molecular complexity index is 1420. The summed E-state index contributed by atoms with van der Waals surface area (Å²) in [7, 11) is 0. The minimum Gasteiger partial charge on any atom is -0.505 e. The summed E-state index contributed by atoms with van der Waals surface area (Å²) in [5.74, 6) is 2.89. The van der Waals surface area contributed by atoms with Gasteiger partial charge in [0.2, 0.25) is 5.95 Å². The number of phenolic OH excluding ortho intramolecular Hbond substituents is 1. The number of furan rings is 1. The van der Waals surface area contributed by atoms with Crippen LogP contribution < -0.4 is 15.5 Å². The van der Waals surface area contributed by atoms with E-state index in [1.54, 1.807) is 41.6 Å². The number of carbonyl (C=O) groups excluding carboxylic acids is 1. The van der Waals surface area contributed by atoms with Gasteiger partial charge in [0.25, 0.3) is 5.91 Å². The molecule has 12 heteroatoms. The molecule has 0 spiro atoms. The van der Waals surface area contributed by atoms with Gasteiger partial charge in [0, 0.05) is 38.6 Å². The second kappa shape index (κ2) is 10.9. The summed E-state index contributed by atoms with van der Waals surface area (Å²) in [5, 5.41) is 17.7. The number of piperazine rings is 1. The van der Waals surface area contributed by atoms with Crippen LogP contribution in [0.15, 0.2) is 53.2 Å². The van der Waals surface area contributed by atoms with Gasteiger partial charge in [-0.3, -0.25) is 4.79 Å². The van der Waals surface area contributed by atoms with Gasteiger partial charge in [-0.25, -0.2) is 9.97 Å². The van der Waals surface area contributed by atoms with Crippen molar-refractivity contribution in [1.82, 2.24) is 23.6 Å². The van der Waals surface area contributed by atoms with Crippen LogP contribution in [0, 0.1) is 12.3 Å². The molecule has 39 heavy (non-hydrogen) atoms. The van der Waals surface area contributed by atoms with E-state index in [-0.39, 0.29) is 28.7 Å². The molecule has 3 N–H and O–H groups in total. The molecule has 1 aliphatic rings. The molecule has 1 aliphatic heterocycles. The molecule has 0 aliphatic carbocycles. The number of anilines is 4. The summed E-state index contributed by atoms with van der Waals surface area (Å²) in [6.07, 6.45) is 3.41. The molecular weight excluding hydrogens is 516 g/mol. The number of phenols is 1. The molecule has 4 heterocycles. The third kappa shape index (κ3) is 5.80. The topological polar surface area (TPSA) is 133 Å². The third-order valence-electron chi connectivity index (χ3n) is 6.60. The largest absolute Gasteiger partial charge is 0.505 e. The van der Waals surface area contributed by atoms with Crippen molar-refractivity contribution in [1.29, 1.82) is 0 Å². The summed E-state index contributed by atoms with van der Waals surface area (Å²) in [6, 6.07) is 10.6. The van der Waals surface area contributed by atoms with Crippen molar-refractivity contribution in [2.24, 2.45) is 5.41 Å². The van der Waals surface area contributed by atoms with E-state index in [9.17, 15) is 9.90 Å². The van der Waals surface area contributed by atoms with Crippen LogP contribution in [0.2, 0.25) is 0 Å². The summed E-state index contributed by atoms with van der Waals surface area (Å²) >= 11 is 1.05. The lowest BCUT2D eigenvalue weighted by Crippen LogP contribution is -2.49. The average molecular weight is 549 g/mol. The van der Waals surface area contributed by atoms with Crippen LogP contribution in [0.1, 0.15) is 48.7 Å². The Kier molecular flexibility index (Phi) is 7.38. The highest BCUT2D eigenvalue weighted by molar-refractivity contribution is 6.99. The fourth-order valence-electron chi connectivity index (χ4n) is 4.50. The van der Waals surface area contributed by atoms with E-state index in [0.29, 0.717) is 49.5 Å². The van der Waals surface area contributed by atoms with Crippen LogP contribution >= 0.6 is 11.7 Å². The Morgan fingerprint density at radius 2 is 1.74 bits per heavy atom. The number of rotatable bonds is 7. The second-order valence-corrected chi connectivity index (χ2v) is 11.0. The van der Waals surface area contributed by atoms with Gasteiger partial charge in [-0.2, -0.15) is 8.75 Å². The van der Waals surface area contributed by atoms with Gasteiger partial charge in [0.15, 0.2) is 17.4 Å². The molecule has 0 saturated carbocycles. The number of hydrogen-bond donors (Lipinski definition) is 3. The highest BCUT2D eigenvalue weighted by Gasteiger charge is 2.31. The van der Waals surface area contributed by atoms with Crippen LogP contribution in [-0.2, 0) is 0 Å². The molecule has 3 aromatic heterocycles. The summed E-state index contributed by atoms with van der Waals surface area (Å²) in [6.45, 7) is 10.5. The predicted octanol–water partition coefficient (Wildman–Crippen LogP) is 4.84. The van der Waals surface area contributed by atoms with E-state index in [1.807, 2.05) is 24.0 Å². The first-order valence-electron chi connectivity index (χ1n) is 12.8. The first-order chi connectivity index (χ1) is 18.7. The SMILES string of the molecule is Cc1ccc([C@H](Nc2nsnc2Nc2cccc(C(=O)N3CCN(c4ncccn4)CC3)c2O)C(C)(C)C)o1. The minimum absolute atomic E-state index is 0.135. The van der Waals surface area contributed by atoms with Crippen molar-refractivity contribution in [3.8, 4) is 5.75 Å². The molecule has 204 valence electrons. The summed E-state index contributed by atoms with van der Waals surface area (Å²) in [5.41, 5.74) is 0.408. The first-order valence-corrected chi connectivity index (χ1v) is 13.5. The number of aryl methyl sites for hydroxylation is 1. The first kappa shape index (κ1) is 26.4. The Hall–Kier alpha value is -4.19. The Morgan fingerprint density at radius 3 is 2.41 bits per heavy atom. The molecule has 5 rings (SSSR count). The molecule has 1 saturated heterocycles. The van der Waals surface area contributed by atoms with Crippen molar-refractivity contribution in [3.63, 3.8) is 0 Å². The zero-order chi connectivity index (χ0) is 27.6. The van der Waals surface area contributed by atoms with Crippen LogP contribution in [0.4, 0.5) is 23.3 Å². The molecular formula is C27H32N8O3S. The number of aromatic hydroxyl groups is 1. The van der Waals surface area contributed by atoms with Crippen LogP contribution in [0.5, 0.6) is 5.75 Å². The Morgan fingerprint density at radius 1 is 1.03 bits per heavy atom. The van der Waals surface area contributed by atoms with Gasteiger partial charge in [-0.15, -0.1) is 0 Å². The van der Waals surface area contributed by atoms with E-state index in [0.717, 1.165) is 23.2 Å². The lowest BCUT2D eigenvalue weighted by atomic mass is 9.85. The van der Waals surface area contributed by atoms with E-state index in [1.165, 1.54) is 0 Å². The number of hydrogen-bond acceptors (Lipinski definition) is 11. The maximum atomic E-state index is 13.3. The van der Waals surface area contributed by atoms with Gasteiger partial charge in [0.1, 0.15) is 11.5 Å². The molecule has 1 atom stereocenters. The summed E-state index contributed by atoms with van der Waals surface area (Å²) in [4.78, 5) is 25.7. The monoisotopic (exact) mass is 548 g/mol. The fourth-order valence-corrected chi connectivity index (χ4v) is 4.98. The lowest BCUT2D eigenvalue weighted by molar-refractivity contribution is 0.0743. The van der Waals surface area contributed by atoms with Crippen molar-refractivity contribution >= 4 is 40.9 Å². The fraction of sp³-hybridized carbons (Fsp3) is 0.370. The quantitative estimate of drug-likeness (QED) is 0.276. The number of nitrogens with zero attached hydrogens (tertiary/aromatic N) is 6. The van der Waals surface area contributed by atoms with Gasteiger partial charge in [0.05, 0.1) is 29.0 Å². The van der Waals surface area contributed by atoms with Crippen molar-refractivity contribution in [3.05, 3.63) is 65.9 Å². The van der Waals surface area contributed by atoms with Gasteiger partial charge >= 0.3 is 0 Å². The standard InChI is InChI=1S/C27H32N8O3S/c1-17-9-10-20(38-17)22(27(2,3)4)31-24-23(32-39-33-24)30-19-8-5-7-18(21(19)36)25(37)34-13-15-35(16-14-34)26-28-11-6-12-29-26/h5-12,22,36H,13-16H2,1-4H3,(H,30,32)(H,31,33)/t22-/m0/s1. The van der Waals surface area contributed by atoms with E-state index in [4.69, 9.17) is 4.42 Å². The molecule has 1 amide bonds. The van der Waals surface area contributed by atoms with E-state index >= 15 is 0 Å². The smallest absolute Gasteiger partial charge is 0.257 e. The number of benzene rings is 1. The molecule has 0 bridgehead atoms. The number of para-hydroxylation sites is 1. The molecule has 4 aromatic rings. The maximum absolute atomic E-state index is 13.3. The van der Waals surface area contributed by atoms with Crippen LogP contribution in [0.3, 0.4) is 0 Å². The highest BCUT2D eigenvalue weighted by atomic mass is 32.1. The normalized spacial score (nSPS) is 14.8. The van der Waals surface area contributed by atoms with E-state index < -0.39 is 0 Å². The molecule has 1 fully saturated rings. The number of amides is 1. The Balaban J connectivity index is 1.30. The van der Waals surface area contributed by atoms with Crippen LogP contribution in [0.25, 0.3) is 0 Å². The lowest BCUT2D eigenvalue weighted by Gasteiger charge is -2.34. The van der Waals surface area contributed by atoms with Crippen molar-refractivity contribution in [2.45, 2.75) is 33.7 Å². The zero-order valence-electron chi connectivity index (χ0n) is 22.4. The highest BCUT2D eigenvalue weighted by Crippen LogP contribution is 2.39. The zero-order valence-corrected chi connectivity index (χ0v) is 23.2. The van der Waals surface area contributed by atoms with Gasteiger partial charge in [-0.05, 0) is 42.7 Å². The second-order valence-electron chi connectivity index (χ2n) is 10.5. The van der Waals surface area contributed by atoms with E-state index in [2.05, 4.69) is 50.1 Å². The maximum Gasteiger partial charge on any atom is 0.257 e. The number of nitrogens with one attached hydrogen (secondary N) is 2. The molecule has 1 aromatic carbocycles. The van der Waals surface area contributed by atoms with Crippen LogP contribution in [-0.4, -0.2) is 60.8 Å². The van der Waals surface area contributed by atoms with Crippen molar-refractivity contribution < 1.29 is 14.3 Å². The van der Waals surface area contributed by atoms with Gasteiger partial charge < -0.3 is 30.0 Å². The Labute approximate surface area is 231 Å². The predicted molar refractivity (Wildman–Crippen MR) is 151 cm³/mol. The average Bonchev–Trinajstić information content (AvgIpc) is 3.56. The molecule has 0 unspecified atom stereocenters.